The van der Waals surface area contributed by atoms with Gasteiger partial charge in [0, 0.05) is 27.7 Å². The van der Waals surface area contributed by atoms with Gasteiger partial charge in [-0.15, -0.1) is 0 Å². The second kappa shape index (κ2) is 6.70. The summed E-state index contributed by atoms with van der Waals surface area (Å²) in [5, 5.41) is 0.225. The molecule has 0 N–H and O–H groups in total. The molecule has 102 valence electrons. The van der Waals surface area contributed by atoms with E-state index in [0.717, 1.165) is 19.5 Å². The highest BCUT2D eigenvalue weighted by Gasteiger charge is 2.10. The van der Waals surface area contributed by atoms with Crippen molar-refractivity contribution in [1.82, 2.24) is 19.9 Å². The molecule has 7 heteroatoms. The molecule has 0 aliphatic rings. The first-order valence-electron chi connectivity index (χ1n) is 5.85. The van der Waals surface area contributed by atoms with E-state index >= 15 is 0 Å². The normalized spacial score (nSPS) is 10.8. The molecule has 1 rings (SSSR count). The van der Waals surface area contributed by atoms with Gasteiger partial charge in [0.25, 0.3) is 0 Å². The fourth-order valence-corrected chi connectivity index (χ4v) is 1.58. The summed E-state index contributed by atoms with van der Waals surface area (Å²) in [6, 6.07) is 0. The van der Waals surface area contributed by atoms with E-state index in [0.29, 0.717) is 11.9 Å². The van der Waals surface area contributed by atoms with E-state index in [2.05, 4.69) is 33.9 Å². The Bertz CT molecular complexity index is 382. The lowest BCUT2D eigenvalue weighted by molar-refractivity contribution is 0.401. The Morgan fingerprint density at radius 3 is 2.06 bits per heavy atom. The van der Waals surface area contributed by atoms with Gasteiger partial charge in [-0.05, 0) is 38.7 Å². The third kappa shape index (κ3) is 4.62. The van der Waals surface area contributed by atoms with E-state index in [4.69, 9.17) is 11.6 Å². The maximum Gasteiger partial charge on any atom is 0.231 e. The molecule has 0 fully saturated rings. The van der Waals surface area contributed by atoms with Crippen molar-refractivity contribution in [3.63, 3.8) is 0 Å². The molecule has 0 saturated heterocycles. The second-order valence-corrected chi connectivity index (χ2v) is 5.02. The first-order valence-corrected chi connectivity index (χ1v) is 6.22. The summed E-state index contributed by atoms with van der Waals surface area (Å²) in [5.41, 5.74) is 0. The Labute approximate surface area is 114 Å². The number of anilines is 2. The molecule has 1 aromatic heterocycles. The van der Waals surface area contributed by atoms with E-state index < -0.39 is 0 Å². The predicted molar refractivity (Wildman–Crippen MR) is 75.6 cm³/mol. The van der Waals surface area contributed by atoms with Crippen LogP contribution in [0.4, 0.5) is 11.9 Å². The van der Waals surface area contributed by atoms with Crippen molar-refractivity contribution in [3.8, 4) is 0 Å². The molecule has 1 heterocycles. The van der Waals surface area contributed by atoms with Crippen LogP contribution >= 0.6 is 11.6 Å². The van der Waals surface area contributed by atoms with E-state index in [1.165, 1.54) is 0 Å². The summed E-state index contributed by atoms with van der Waals surface area (Å²) in [5.74, 6) is 1.18. The predicted octanol–water partition coefficient (Wildman–Crippen LogP) is 0.979. The summed E-state index contributed by atoms with van der Waals surface area (Å²) in [4.78, 5) is 18.5. The Hall–Kier alpha value is -1.14. The molecule has 0 amide bonds. The number of hydrogen-bond donors (Lipinski definition) is 0. The second-order valence-electron chi connectivity index (χ2n) is 4.68. The zero-order valence-corrected chi connectivity index (χ0v) is 12.4. The highest BCUT2D eigenvalue weighted by Crippen LogP contribution is 2.14. The number of hydrogen-bond acceptors (Lipinski definition) is 6. The van der Waals surface area contributed by atoms with Crippen LogP contribution in [0.15, 0.2) is 0 Å². The van der Waals surface area contributed by atoms with Crippen LogP contribution in [-0.4, -0.2) is 68.2 Å². The van der Waals surface area contributed by atoms with Gasteiger partial charge in [0.05, 0.1) is 0 Å². The van der Waals surface area contributed by atoms with Crippen molar-refractivity contribution < 1.29 is 0 Å². The van der Waals surface area contributed by atoms with Gasteiger partial charge < -0.3 is 14.7 Å². The van der Waals surface area contributed by atoms with Gasteiger partial charge in [-0.1, -0.05) is 0 Å². The molecular weight excluding hydrogens is 252 g/mol. The summed E-state index contributed by atoms with van der Waals surface area (Å²) >= 11 is 5.90. The largest absolute Gasteiger partial charge is 0.347 e. The maximum absolute atomic E-state index is 5.90. The van der Waals surface area contributed by atoms with E-state index in [9.17, 15) is 0 Å². The Balaban J connectivity index is 2.69. The minimum atomic E-state index is 0.225. The van der Waals surface area contributed by atoms with Crippen LogP contribution in [0.1, 0.15) is 6.42 Å². The molecule has 6 nitrogen and oxygen atoms in total. The van der Waals surface area contributed by atoms with Gasteiger partial charge in [-0.2, -0.15) is 15.0 Å². The molecule has 0 radical (unpaired) electrons. The standard InChI is InChI=1S/C11H21ClN6/c1-16(2)7-6-8-18(5)11-14-9(12)13-10(15-11)17(3)4/h6-8H2,1-5H3. The fourth-order valence-electron chi connectivity index (χ4n) is 1.42. The zero-order chi connectivity index (χ0) is 13.7. The van der Waals surface area contributed by atoms with E-state index in [1.807, 2.05) is 30.9 Å². The number of halogens is 1. The molecular formula is C11H21ClN6. The molecule has 1 aromatic rings. The van der Waals surface area contributed by atoms with Gasteiger partial charge >= 0.3 is 0 Å². The van der Waals surface area contributed by atoms with E-state index in [-0.39, 0.29) is 5.28 Å². The Kier molecular flexibility index (Phi) is 5.55. The van der Waals surface area contributed by atoms with Crippen molar-refractivity contribution in [2.24, 2.45) is 0 Å². The van der Waals surface area contributed by atoms with Gasteiger partial charge in [0.15, 0.2) is 0 Å². The molecule has 0 spiro atoms. The first-order chi connectivity index (χ1) is 8.40. The lowest BCUT2D eigenvalue weighted by Gasteiger charge is -2.19. The molecule has 0 aromatic carbocycles. The third-order valence-corrected chi connectivity index (χ3v) is 2.59. The number of rotatable bonds is 6. The molecule has 0 aliphatic heterocycles. The fraction of sp³-hybridized carbons (Fsp3) is 0.727. The van der Waals surface area contributed by atoms with Crippen molar-refractivity contribution in [1.29, 1.82) is 0 Å². The molecule has 0 unspecified atom stereocenters. The van der Waals surface area contributed by atoms with Crippen LogP contribution in [0, 0.1) is 0 Å². The average Bonchev–Trinajstić information content (AvgIpc) is 2.27. The highest BCUT2D eigenvalue weighted by atomic mass is 35.5. The monoisotopic (exact) mass is 272 g/mol. The summed E-state index contributed by atoms with van der Waals surface area (Å²) in [6.45, 7) is 1.91. The van der Waals surface area contributed by atoms with Crippen LogP contribution < -0.4 is 9.80 Å². The van der Waals surface area contributed by atoms with Gasteiger partial charge in [0.1, 0.15) is 0 Å². The first kappa shape index (κ1) is 14.9. The minimum Gasteiger partial charge on any atom is -0.347 e. The average molecular weight is 273 g/mol. The maximum atomic E-state index is 5.90. The van der Waals surface area contributed by atoms with Crippen LogP contribution in [0.5, 0.6) is 0 Å². The van der Waals surface area contributed by atoms with Gasteiger partial charge in [-0.25, -0.2) is 0 Å². The summed E-state index contributed by atoms with van der Waals surface area (Å²) in [6.07, 6.45) is 1.05. The third-order valence-electron chi connectivity index (χ3n) is 2.42. The van der Waals surface area contributed by atoms with E-state index in [1.54, 1.807) is 0 Å². The zero-order valence-electron chi connectivity index (χ0n) is 11.7. The van der Waals surface area contributed by atoms with Gasteiger partial charge in [0.2, 0.25) is 17.2 Å². The Morgan fingerprint density at radius 1 is 0.889 bits per heavy atom. The molecule has 0 bridgehead atoms. The van der Waals surface area contributed by atoms with Crippen LogP contribution in [0.2, 0.25) is 5.28 Å². The lowest BCUT2D eigenvalue weighted by atomic mass is 10.4. The van der Waals surface area contributed by atoms with Crippen molar-refractivity contribution in [2.75, 3.05) is 58.1 Å². The van der Waals surface area contributed by atoms with Crippen LogP contribution in [-0.2, 0) is 0 Å². The van der Waals surface area contributed by atoms with Crippen molar-refractivity contribution >= 4 is 23.5 Å². The van der Waals surface area contributed by atoms with Crippen LogP contribution in [0.25, 0.3) is 0 Å². The lowest BCUT2D eigenvalue weighted by Crippen LogP contribution is -2.26. The van der Waals surface area contributed by atoms with Gasteiger partial charge in [-0.3, -0.25) is 0 Å². The minimum absolute atomic E-state index is 0.225. The smallest absolute Gasteiger partial charge is 0.231 e. The molecule has 0 saturated carbocycles. The summed E-state index contributed by atoms with van der Waals surface area (Å²) < 4.78 is 0. The SMILES string of the molecule is CN(C)CCCN(C)c1nc(Cl)nc(N(C)C)n1. The quantitative estimate of drug-likeness (QED) is 0.769. The highest BCUT2D eigenvalue weighted by molar-refractivity contribution is 6.28. The number of aromatic nitrogens is 3. The number of nitrogens with zero attached hydrogens (tertiary/aromatic N) is 6. The molecule has 0 aliphatic carbocycles. The van der Waals surface area contributed by atoms with Crippen LogP contribution in [0.3, 0.4) is 0 Å². The van der Waals surface area contributed by atoms with Crippen molar-refractivity contribution in [3.05, 3.63) is 5.28 Å². The molecule has 0 atom stereocenters. The molecule has 18 heavy (non-hydrogen) atoms. The Morgan fingerprint density at radius 2 is 1.50 bits per heavy atom. The topological polar surface area (TPSA) is 48.4 Å². The van der Waals surface area contributed by atoms with Crippen molar-refractivity contribution in [2.45, 2.75) is 6.42 Å². The summed E-state index contributed by atoms with van der Waals surface area (Å²) in [7, 11) is 9.83.